The van der Waals surface area contributed by atoms with Crippen molar-refractivity contribution in [3.8, 4) is 67.0 Å². The van der Waals surface area contributed by atoms with E-state index in [0.29, 0.717) is 0 Å². The van der Waals surface area contributed by atoms with Crippen molar-refractivity contribution in [2.24, 2.45) is 0 Å². The standard InChI is InChI=1S/C60H38N2/c1-3-11-41(12-4-1)43-19-23-45(24-20-43)47-27-33-51(34-28-47)61-57-17-9-7-15-53(57)55-39-49(31-37-59(55)61)50-32-38-60-56(40-50)54-16-8-10-18-58(54)62(60)52-35-29-48(30-36-52)46-25-21-44(22-26-46)42-13-5-2-6-14-42/h1-7,9-15,17-40H. The summed E-state index contributed by atoms with van der Waals surface area (Å²) in [4.78, 5) is 0. The van der Waals surface area contributed by atoms with Crippen LogP contribution >= 0.6 is 0 Å². The van der Waals surface area contributed by atoms with Crippen molar-refractivity contribution >= 4 is 43.6 Å². The minimum atomic E-state index is 1.07. The zero-order valence-corrected chi connectivity index (χ0v) is 33.8. The summed E-state index contributed by atoms with van der Waals surface area (Å²) in [6.07, 6.45) is 0. The molecule has 0 bridgehead atoms. The van der Waals surface area contributed by atoms with Gasteiger partial charge in [-0.2, -0.15) is 0 Å². The third-order valence-electron chi connectivity index (χ3n) is 12.4. The van der Waals surface area contributed by atoms with Gasteiger partial charge in [-0.25, -0.2) is 0 Å². The first-order valence-corrected chi connectivity index (χ1v) is 21.2. The van der Waals surface area contributed by atoms with Gasteiger partial charge in [-0.15, -0.1) is 0 Å². The first-order chi connectivity index (χ1) is 30.7. The summed E-state index contributed by atoms with van der Waals surface area (Å²) < 4.78 is 4.74. The smallest absolute Gasteiger partial charge is 0.0631 e. The van der Waals surface area contributed by atoms with Crippen molar-refractivity contribution < 1.29 is 0 Å². The lowest BCUT2D eigenvalue weighted by Crippen LogP contribution is -1.94. The lowest BCUT2D eigenvalue weighted by molar-refractivity contribution is 1.18. The number of benzene rings is 9. The Labute approximate surface area is 360 Å². The van der Waals surface area contributed by atoms with Crippen molar-refractivity contribution in [1.82, 2.24) is 9.13 Å². The van der Waals surface area contributed by atoms with Gasteiger partial charge >= 0.3 is 0 Å². The van der Waals surface area contributed by atoms with Crippen LogP contribution in [0.3, 0.4) is 0 Å². The number of hydrogen-bond donors (Lipinski definition) is 0. The van der Waals surface area contributed by atoms with Gasteiger partial charge in [-0.3, -0.25) is 0 Å². The Morgan fingerprint density at radius 2 is 0.629 bits per heavy atom. The third-order valence-corrected chi connectivity index (χ3v) is 12.4. The highest BCUT2D eigenvalue weighted by Gasteiger charge is 2.17. The van der Waals surface area contributed by atoms with Crippen LogP contribution in [0, 0.1) is 12.1 Å². The maximum Gasteiger partial charge on any atom is 0.0631 e. The number of para-hydroxylation sites is 1. The fourth-order valence-corrected chi connectivity index (χ4v) is 9.30. The Morgan fingerprint density at radius 1 is 0.258 bits per heavy atom. The molecular weight excluding hydrogens is 749 g/mol. The molecule has 0 spiro atoms. The van der Waals surface area contributed by atoms with Crippen molar-refractivity contribution in [3.05, 3.63) is 243 Å². The van der Waals surface area contributed by atoms with Crippen LogP contribution in [-0.4, -0.2) is 9.13 Å². The summed E-state index contributed by atoms with van der Waals surface area (Å²) in [5, 5.41) is 4.70. The van der Waals surface area contributed by atoms with E-state index in [1.54, 1.807) is 0 Å². The average Bonchev–Trinajstić information content (AvgIpc) is 3.87. The highest BCUT2D eigenvalue weighted by Crippen LogP contribution is 2.39. The molecule has 2 nitrogen and oxygen atoms in total. The highest BCUT2D eigenvalue weighted by atomic mass is 15.0. The van der Waals surface area contributed by atoms with Crippen molar-refractivity contribution in [2.75, 3.05) is 0 Å². The second-order valence-corrected chi connectivity index (χ2v) is 16.0. The Hall–Kier alpha value is -8.38. The lowest BCUT2D eigenvalue weighted by Gasteiger charge is -2.11. The van der Waals surface area contributed by atoms with E-state index in [9.17, 15) is 0 Å². The van der Waals surface area contributed by atoms with E-state index in [4.69, 9.17) is 0 Å². The maximum absolute atomic E-state index is 3.47. The van der Waals surface area contributed by atoms with Crippen molar-refractivity contribution in [3.63, 3.8) is 0 Å². The van der Waals surface area contributed by atoms with Crippen LogP contribution in [0.1, 0.15) is 0 Å². The van der Waals surface area contributed by atoms with Gasteiger partial charge in [0.15, 0.2) is 0 Å². The monoisotopic (exact) mass is 786 g/mol. The molecule has 0 aliphatic rings. The molecule has 0 N–H and O–H groups in total. The van der Waals surface area contributed by atoms with Gasteiger partial charge in [0, 0.05) is 27.5 Å². The number of rotatable bonds is 7. The predicted octanol–water partition coefficient (Wildman–Crippen LogP) is 15.8. The van der Waals surface area contributed by atoms with Crippen molar-refractivity contribution in [1.29, 1.82) is 0 Å². The van der Waals surface area contributed by atoms with Gasteiger partial charge in [0.25, 0.3) is 0 Å². The quantitative estimate of drug-likeness (QED) is 0.152. The molecule has 10 aromatic carbocycles. The van der Waals surface area contributed by atoms with Gasteiger partial charge in [0.05, 0.1) is 27.5 Å². The van der Waals surface area contributed by atoms with Crippen LogP contribution in [0.2, 0.25) is 0 Å². The Morgan fingerprint density at radius 3 is 1.15 bits per heavy atom. The third kappa shape index (κ3) is 6.07. The molecule has 0 unspecified atom stereocenters. The summed E-state index contributed by atoms with van der Waals surface area (Å²) >= 11 is 0. The Balaban J connectivity index is 0.878. The molecule has 0 aliphatic carbocycles. The summed E-state index contributed by atoms with van der Waals surface area (Å²) in [5.41, 5.74) is 18.9. The first kappa shape index (κ1) is 35.6. The second-order valence-electron chi connectivity index (χ2n) is 16.0. The molecule has 0 aliphatic heterocycles. The van der Waals surface area contributed by atoms with Gasteiger partial charge in [0.1, 0.15) is 0 Å². The topological polar surface area (TPSA) is 9.86 Å². The van der Waals surface area contributed by atoms with E-state index in [1.807, 2.05) is 6.07 Å². The molecule has 0 saturated carbocycles. The van der Waals surface area contributed by atoms with E-state index < -0.39 is 0 Å². The summed E-state index contributed by atoms with van der Waals surface area (Å²) in [5.74, 6) is 0. The maximum atomic E-state index is 3.47. The molecule has 0 amide bonds. The molecule has 62 heavy (non-hydrogen) atoms. The molecular formula is C60H38N2. The molecule has 12 aromatic rings. The van der Waals surface area contributed by atoms with E-state index in [0.717, 1.165) is 33.2 Å². The van der Waals surface area contributed by atoms with E-state index in [2.05, 4.69) is 246 Å². The van der Waals surface area contributed by atoms with Crippen LogP contribution in [-0.2, 0) is 0 Å². The summed E-state index contributed by atoms with van der Waals surface area (Å²) in [7, 11) is 0. The van der Waals surface area contributed by atoms with E-state index >= 15 is 0 Å². The summed E-state index contributed by atoms with van der Waals surface area (Å²) in [6.45, 7) is 0. The van der Waals surface area contributed by atoms with Gasteiger partial charge in [-0.05, 0) is 122 Å². The lowest BCUT2D eigenvalue weighted by atomic mass is 10.00. The number of fused-ring (bicyclic) bond motifs is 6. The van der Waals surface area contributed by atoms with Crippen LogP contribution in [0.15, 0.2) is 231 Å². The van der Waals surface area contributed by atoms with Gasteiger partial charge in [0.2, 0.25) is 0 Å². The van der Waals surface area contributed by atoms with E-state index in [-0.39, 0.29) is 0 Å². The molecule has 12 rings (SSSR count). The fraction of sp³-hybridized carbons (Fsp3) is 0. The van der Waals surface area contributed by atoms with Gasteiger partial charge < -0.3 is 9.13 Å². The zero-order chi connectivity index (χ0) is 41.0. The van der Waals surface area contributed by atoms with Crippen LogP contribution in [0.5, 0.6) is 0 Å². The summed E-state index contributed by atoms with van der Waals surface area (Å²) in [6, 6.07) is 89.9. The average molecular weight is 787 g/mol. The highest BCUT2D eigenvalue weighted by molar-refractivity contribution is 6.12. The van der Waals surface area contributed by atoms with Crippen LogP contribution in [0.4, 0.5) is 0 Å². The minimum Gasteiger partial charge on any atom is -0.309 e. The number of nitrogens with zero attached hydrogens (tertiary/aromatic N) is 2. The predicted molar refractivity (Wildman–Crippen MR) is 260 cm³/mol. The Bertz CT molecular complexity index is 3320. The zero-order valence-electron chi connectivity index (χ0n) is 33.8. The molecule has 0 saturated heterocycles. The van der Waals surface area contributed by atoms with Crippen LogP contribution in [0.25, 0.3) is 111 Å². The number of hydrogen-bond acceptors (Lipinski definition) is 0. The SMILES string of the molecule is c1ccc2c(c#1)c1cc(-c3ccc4c(c3)c3ccccc3n4-c3ccc(-c4ccc(-c5ccccc5)cc4)cc3)ccc1n2-c1ccc(-c2ccc(-c3ccccc3)cc2)cc1. The molecule has 2 aromatic heterocycles. The van der Waals surface area contributed by atoms with Crippen LogP contribution < -0.4 is 0 Å². The Kier molecular flexibility index (Phi) is 8.44. The van der Waals surface area contributed by atoms with Gasteiger partial charge in [-0.1, -0.05) is 176 Å². The molecule has 0 fully saturated rings. The first-order valence-electron chi connectivity index (χ1n) is 21.2. The fourth-order valence-electron chi connectivity index (χ4n) is 9.30. The normalized spacial score (nSPS) is 11.4. The molecule has 2 heterocycles. The van der Waals surface area contributed by atoms with Crippen molar-refractivity contribution in [2.45, 2.75) is 0 Å². The largest absolute Gasteiger partial charge is 0.309 e. The molecule has 2 heteroatoms. The molecule has 288 valence electrons. The van der Waals surface area contributed by atoms with E-state index in [1.165, 1.54) is 77.4 Å². The second kappa shape index (κ2) is 14.7. The molecule has 0 atom stereocenters. The molecule has 0 radical (unpaired) electrons. The number of aromatic nitrogens is 2. The minimum absolute atomic E-state index is 1.07.